The lowest BCUT2D eigenvalue weighted by Gasteiger charge is -2.35. The van der Waals surface area contributed by atoms with E-state index in [0.29, 0.717) is 17.7 Å². The van der Waals surface area contributed by atoms with Gasteiger partial charge in [-0.1, -0.05) is 30.3 Å². The molecule has 0 unspecified atom stereocenters. The second-order valence-corrected chi connectivity index (χ2v) is 7.43. The summed E-state index contributed by atoms with van der Waals surface area (Å²) in [5.41, 5.74) is 1.27. The molecule has 26 heavy (non-hydrogen) atoms. The Balaban J connectivity index is 2.29. The van der Waals surface area contributed by atoms with Crippen molar-refractivity contribution in [1.29, 1.82) is 0 Å². The van der Waals surface area contributed by atoms with Crippen LogP contribution in [0.2, 0.25) is 0 Å². The number of hydrogen-bond acceptors (Lipinski definition) is 4. The van der Waals surface area contributed by atoms with Gasteiger partial charge in [-0.25, -0.2) is 4.79 Å². The summed E-state index contributed by atoms with van der Waals surface area (Å²) in [6.07, 6.45) is 0. The summed E-state index contributed by atoms with van der Waals surface area (Å²) in [6.45, 7) is 8.46. The molecule has 0 aromatic heterocycles. The third-order valence-corrected chi connectivity index (χ3v) is 4.35. The van der Waals surface area contributed by atoms with E-state index in [0.717, 1.165) is 5.56 Å². The lowest BCUT2D eigenvalue weighted by molar-refractivity contribution is 0.0693. The van der Waals surface area contributed by atoms with Gasteiger partial charge in [0, 0.05) is 17.6 Å². The van der Waals surface area contributed by atoms with Gasteiger partial charge >= 0.3 is 5.97 Å². The number of Topliss-reactive ketones (excluding diaryl/α,β-unsaturated/α-hetero) is 1. The molecule has 0 radical (unpaired) electrons. The average Bonchev–Trinajstić information content (AvgIpc) is 2.56. The number of phenols is 1. The van der Waals surface area contributed by atoms with E-state index >= 15 is 0 Å². The molecule has 0 aliphatic heterocycles. The smallest absolute Gasteiger partial charge is 0.339 e. The molecular formula is C21H25NO4. The van der Waals surface area contributed by atoms with Crippen LogP contribution in [0.4, 0.5) is 0 Å². The van der Waals surface area contributed by atoms with Gasteiger partial charge in [-0.2, -0.15) is 0 Å². The van der Waals surface area contributed by atoms with Crippen LogP contribution >= 0.6 is 0 Å². The first-order valence-electron chi connectivity index (χ1n) is 8.48. The highest BCUT2D eigenvalue weighted by molar-refractivity contribution is 6.01. The van der Waals surface area contributed by atoms with Crippen molar-refractivity contribution in [2.45, 2.75) is 39.8 Å². The number of carbonyl (C=O) groups is 2. The fraction of sp³-hybridized carbons (Fsp3) is 0.333. The van der Waals surface area contributed by atoms with E-state index in [-0.39, 0.29) is 29.2 Å². The molecule has 0 aliphatic rings. The third kappa shape index (κ3) is 4.70. The number of aromatic carboxylic acids is 1. The number of nitrogens with zero attached hydrogens (tertiary/aromatic N) is 1. The highest BCUT2D eigenvalue weighted by atomic mass is 16.4. The third-order valence-electron chi connectivity index (χ3n) is 4.35. The fourth-order valence-corrected chi connectivity index (χ4v) is 2.70. The van der Waals surface area contributed by atoms with Crippen molar-refractivity contribution in [1.82, 2.24) is 4.90 Å². The molecule has 0 atom stereocenters. The average molecular weight is 355 g/mol. The van der Waals surface area contributed by atoms with Crippen molar-refractivity contribution < 1.29 is 19.8 Å². The summed E-state index contributed by atoms with van der Waals surface area (Å²) in [6, 6.07) is 12.7. The molecule has 0 amide bonds. The Hall–Kier alpha value is -2.66. The second-order valence-electron chi connectivity index (χ2n) is 7.43. The summed E-state index contributed by atoms with van der Waals surface area (Å²) in [4.78, 5) is 26.2. The Bertz CT molecular complexity index is 807. The van der Waals surface area contributed by atoms with Gasteiger partial charge < -0.3 is 10.2 Å². The summed E-state index contributed by atoms with van der Waals surface area (Å²) in [5, 5.41) is 19.1. The van der Waals surface area contributed by atoms with Crippen LogP contribution in [-0.2, 0) is 6.54 Å². The van der Waals surface area contributed by atoms with Gasteiger partial charge in [-0.15, -0.1) is 0 Å². The zero-order valence-corrected chi connectivity index (χ0v) is 15.6. The number of carboxylic acids is 1. The fourth-order valence-electron chi connectivity index (χ4n) is 2.70. The predicted octanol–water partition coefficient (Wildman–Crippen LogP) is 3.88. The molecule has 2 aromatic carbocycles. The first-order valence-corrected chi connectivity index (χ1v) is 8.48. The van der Waals surface area contributed by atoms with E-state index in [1.54, 1.807) is 6.92 Å². The maximum atomic E-state index is 12.8. The van der Waals surface area contributed by atoms with E-state index in [9.17, 15) is 19.8 Å². The highest BCUT2D eigenvalue weighted by Crippen LogP contribution is 2.25. The number of benzene rings is 2. The molecule has 0 spiro atoms. The Morgan fingerprint density at radius 3 is 2.23 bits per heavy atom. The van der Waals surface area contributed by atoms with Crippen molar-refractivity contribution in [3.8, 4) is 5.75 Å². The first kappa shape index (κ1) is 19.7. The zero-order valence-electron chi connectivity index (χ0n) is 15.6. The standard InChI is InChI=1S/C21H25NO4/c1-14-10-16(11-17(19(14)24)20(25)26)18(23)13-22(21(2,3)4)12-15-8-6-5-7-9-15/h5-11,24H,12-13H2,1-4H3,(H,25,26). The van der Waals surface area contributed by atoms with Crippen molar-refractivity contribution in [2.75, 3.05) is 6.54 Å². The van der Waals surface area contributed by atoms with Gasteiger partial charge in [0.25, 0.3) is 0 Å². The van der Waals surface area contributed by atoms with Gasteiger partial charge in [-0.05, 0) is 51.0 Å². The maximum absolute atomic E-state index is 12.8. The number of aromatic hydroxyl groups is 1. The molecule has 0 heterocycles. The van der Waals surface area contributed by atoms with Crippen LogP contribution in [0.3, 0.4) is 0 Å². The molecule has 2 N–H and O–H groups in total. The molecule has 2 aromatic rings. The minimum atomic E-state index is -1.25. The molecule has 0 saturated carbocycles. The predicted molar refractivity (Wildman–Crippen MR) is 101 cm³/mol. The van der Waals surface area contributed by atoms with Crippen LogP contribution in [0.5, 0.6) is 5.75 Å². The van der Waals surface area contributed by atoms with Crippen LogP contribution in [0, 0.1) is 6.92 Å². The highest BCUT2D eigenvalue weighted by Gasteiger charge is 2.25. The van der Waals surface area contributed by atoms with Gasteiger partial charge in [0.2, 0.25) is 0 Å². The molecule has 0 bridgehead atoms. The molecule has 2 rings (SSSR count). The topological polar surface area (TPSA) is 77.8 Å². The number of aryl methyl sites for hydroxylation is 1. The van der Waals surface area contributed by atoms with Crippen LogP contribution in [0.25, 0.3) is 0 Å². The van der Waals surface area contributed by atoms with Crippen LogP contribution in [0.15, 0.2) is 42.5 Å². The number of rotatable bonds is 6. The Morgan fingerprint density at radius 2 is 1.69 bits per heavy atom. The summed E-state index contributed by atoms with van der Waals surface area (Å²) < 4.78 is 0. The lowest BCUT2D eigenvalue weighted by atomic mass is 9.99. The van der Waals surface area contributed by atoms with E-state index in [4.69, 9.17) is 0 Å². The van der Waals surface area contributed by atoms with Crippen molar-refractivity contribution in [3.05, 3.63) is 64.7 Å². The number of carbonyl (C=O) groups excluding carboxylic acids is 1. The Kier molecular flexibility index (Phi) is 5.83. The van der Waals surface area contributed by atoms with Crippen molar-refractivity contribution in [2.24, 2.45) is 0 Å². The van der Waals surface area contributed by atoms with Crippen LogP contribution in [0.1, 0.15) is 52.6 Å². The molecule has 5 heteroatoms. The largest absolute Gasteiger partial charge is 0.507 e. The Morgan fingerprint density at radius 1 is 1.08 bits per heavy atom. The second kappa shape index (κ2) is 7.70. The van der Waals surface area contributed by atoms with Gasteiger partial charge in [-0.3, -0.25) is 9.69 Å². The molecular weight excluding hydrogens is 330 g/mol. The maximum Gasteiger partial charge on any atom is 0.339 e. The van der Waals surface area contributed by atoms with E-state index in [2.05, 4.69) is 0 Å². The van der Waals surface area contributed by atoms with Gasteiger partial charge in [0.05, 0.1) is 6.54 Å². The van der Waals surface area contributed by atoms with Crippen LogP contribution in [-0.4, -0.2) is 38.9 Å². The van der Waals surface area contributed by atoms with Gasteiger partial charge in [0.1, 0.15) is 11.3 Å². The van der Waals surface area contributed by atoms with Gasteiger partial charge in [0.15, 0.2) is 5.78 Å². The Labute approximate surface area is 153 Å². The van der Waals surface area contributed by atoms with E-state index in [1.165, 1.54) is 12.1 Å². The number of ketones is 1. The van der Waals surface area contributed by atoms with E-state index in [1.807, 2.05) is 56.0 Å². The molecule has 0 aliphatic carbocycles. The molecule has 5 nitrogen and oxygen atoms in total. The zero-order chi connectivity index (χ0) is 19.5. The number of carboxylic acid groups (broad SMARTS) is 1. The van der Waals surface area contributed by atoms with Crippen molar-refractivity contribution >= 4 is 11.8 Å². The molecule has 138 valence electrons. The summed E-state index contributed by atoms with van der Waals surface area (Å²) in [7, 11) is 0. The SMILES string of the molecule is Cc1cc(C(=O)CN(Cc2ccccc2)C(C)(C)C)cc(C(=O)O)c1O. The monoisotopic (exact) mass is 355 g/mol. The summed E-state index contributed by atoms with van der Waals surface area (Å²) in [5.74, 6) is -1.73. The normalized spacial score (nSPS) is 11.6. The summed E-state index contributed by atoms with van der Waals surface area (Å²) >= 11 is 0. The number of hydrogen-bond donors (Lipinski definition) is 2. The lowest BCUT2D eigenvalue weighted by Crippen LogP contribution is -2.43. The molecule has 0 saturated heterocycles. The minimum absolute atomic E-state index is 0.154. The quantitative estimate of drug-likeness (QED) is 0.769. The van der Waals surface area contributed by atoms with Crippen molar-refractivity contribution in [3.63, 3.8) is 0 Å². The first-order chi connectivity index (χ1) is 12.1. The van der Waals surface area contributed by atoms with Crippen LogP contribution < -0.4 is 0 Å². The van der Waals surface area contributed by atoms with E-state index < -0.39 is 5.97 Å². The minimum Gasteiger partial charge on any atom is -0.507 e. The molecule has 0 fully saturated rings.